The zero-order valence-corrected chi connectivity index (χ0v) is 7.62. The van der Waals surface area contributed by atoms with Crippen molar-refractivity contribution in [3.63, 3.8) is 0 Å². The molecule has 0 saturated carbocycles. The van der Waals surface area contributed by atoms with Crippen molar-refractivity contribution < 1.29 is 4.74 Å². The minimum absolute atomic E-state index is 0.596. The Bertz CT molecular complexity index is 229. The third-order valence-electron chi connectivity index (χ3n) is 2.33. The van der Waals surface area contributed by atoms with Gasteiger partial charge in [0.15, 0.2) is 0 Å². The Kier molecular flexibility index (Phi) is 2.94. The molecule has 1 aliphatic rings. The smallest absolute Gasteiger partial charge is 0.120 e. The van der Waals surface area contributed by atoms with E-state index in [9.17, 15) is 0 Å². The maximum atomic E-state index is 5.27. The summed E-state index contributed by atoms with van der Waals surface area (Å²) in [5.74, 6) is 1.01. The fourth-order valence-electron chi connectivity index (χ4n) is 1.54. The zero-order valence-electron chi connectivity index (χ0n) is 7.62. The standard InChI is InChI=1S/C9H15N3O/c1-5-13-6-2-8(1)12-7-9-10-3-4-11-9/h3-4,8,12H,1-2,5-7H2,(H,10,11). The van der Waals surface area contributed by atoms with Crippen LogP contribution in [0.15, 0.2) is 12.4 Å². The molecule has 2 rings (SSSR count). The fourth-order valence-corrected chi connectivity index (χ4v) is 1.54. The summed E-state index contributed by atoms with van der Waals surface area (Å²) in [5.41, 5.74) is 0. The Morgan fingerprint density at radius 1 is 1.54 bits per heavy atom. The molecule has 1 aromatic rings. The number of nitrogens with zero attached hydrogens (tertiary/aromatic N) is 1. The molecule has 0 unspecified atom stereocenters. The zero-order chi connectivity index (χ0) is 8.93. The van der Waals surface area contributed by atoms with E-state index in [1.165, 1.54) is 0 Å². The molecule has 0 amide bonds. The summed E-state index contributed by atoms with van der Waals surface area (Å²) >= 11 is 0. The Morgan fingerprint density at radius 2 is 2.38 bits per heavy atom. The van der Waals surface area contributed by atoms with Gasteiger partial charge in [-0.2, -0.15) is 0 Å². The topological polar surface area (TPSA) is 49.9 Å². The number of rotatable bonds is 3. The summed E-state index contributed by atoms with van der Waals surface area (Å²) in [6.07, 6.45) is 5.85. The summed E-state index contributed by atoms with van der Waals surface area (Å²) in [5, 5.41) is 3.45. The number of imidazole rings is 1. The van der Waals surface area contributed by atoms with Gasteiger partial charge in [-0.15, -0.1) is 0 Å². The first-order valence-electron chi connectivity index (χ1n) is 4.74. The van der Waals surface area contributed by atoms with E-state index < -0.39 is 0 Å². The van der Waals surface area contributed by atoms with E-state index in [1.807, 2.05) is 6.20 Å². The lowest BCUT2D eigenvalue weighted by atomic mass is 10.1. The second kappa shape index (κ2) is 4.39. The van der Waals surface area contributed by atoms with Crippen LogP contribution in [-0.2, 0) is 11.3 Å². The summed E-state index contributed by atoms with van der Waals surface area (Å²) in [6.45, 7) is 2.60. The predicted octanol–water partition coefficient (Wildman–Crippen LogP) is 0.678. The summed E-state index contributed by atoms with van der Waals surface area (Å²) < 4.78 is 5.27. The predicted molar refractivity (Wildman–Crippen MR) is 49.3 cm³/mol. The lowest BCUT2D eigenvalue weighted by Gasteiger charge is -2.22. The van der Waals surface area contributed by atoms with Gasteiger partial charge in [-0.25, -0.2) is 4.98 Å². The first-order valence-corrected chi connectivity index (χ1v) is 4.74. The monoisotopic (exact) mass is 181 g/mol. The van der Waals surface area contributed by atoms with Crippen LogP contribution in [0.5, 0.6) is 0 Å². The molecule has 2 heterocycles. The van der Waals surface area contributed by atoms with Crippen molar-refractivity contribution >= 4 is 0 Å². The number of aromatic amines is 1. The van der Waals surface area contributed by atoms with E-state index in [-0.39, 0.29) is 0 Å². The van der Waals surface area contributed by atoms with Crippen molar-refractivity contribution in [3.8, 4) is 0 Å². The number of hydrogen-bond donors (Lipinski definition) is 2. The van der Waals surface area contributed by atoms with Crippen molar-refractivity contribution in [2.45, 2.75) is 25.4 Å². The number of aromatic nitrogens is 2. The molecule has 2 N–H and O–H groups in total. The van der Waals surface area contributed by atoms with Gasteiger partial charge in [-0.05, 0) is 12.8 Å². The normalized spacial score (nSPS) is 19.1. The highest BCUT2D eigenvalue weighted by Crippen LogP contribution is 2.06. The largest absolute Gasteiger partial charge is 0.381 e. The van der Waals surface area contributed by atoms with Crippen LogP contribution in [0, 0.1) is 0 Å². The Hall–Kier alpha value is -0.870. The first kappa shape index (κ1) is 8.72. The van der Waals surface area contributed by atoms with Crippen LogP contribution in [0.25, 0.3) is 0 Å². The SMILES string of the molecule is c1c[nH]c(CNC2CCOCC2)n1. The van der Waals surface area contributed by atoms with E-state index in [4.69, 9.17) is 4.74 Å². The van der Waals surface area contributed by atoms with Crippen molar-refractivity contribution in [1.82, 2.24) is 15.3 Å². The highest BCUT2D eigenvalue weighted by atomic mass is 16.5. The van der Waals surface area contributed by atoms with Crippen LogP contribution in [0.4, 0.5) is 0 Å². The molecule has 4 nitrogen and oxygen atoms in total. The Labute approximate surface area is 77.7 Å². The maximum Gasteiger partial charge on any atom is 0.120 e. The number of hydrogen-bond acceptors (Lipinski definition) is 3. The lowest BCUT2D eigenvalue weighted by Crippen LogP contribution is -2.34. The highest BCUT2D eigenvalue weighted by Gasteiger charge is 2.12. The van der Waals surface area contributed by atoms with Crippen LogP contribution in [0.3, 0.4) is 0 Å². The fraction of sp³-hybridized carbons (Fsp3) is 0.667. The number of ether oxygens (including phenoxy) is 1. The summed E-state index contributed by atoms with van der Waals surface area (Å²) in [4.78, 5) is 7.22. The van der Waals surface area contributed by atoms with E-state index in [1.54, 1.807) is 6.20 Å². The van der Waals surface area contributed by atoms with Crippen molar-refractivity contribution in [2.24, 2.45) is 0 Å². The Morgan fingerprint density at radius 3 is 3.08 bits per heavy atom. The minimum Gasteiger partial charge on any atom is -0.381 e. The molecule has 1 aliphatic heterocycles. The van der Waals surface area contributed by atoms with Crippen LogP contribution in [0.2, 0.25) is 0 Å². The van der Waals surface area contributed by atoms with Gasteiger partial charge in [-0.1, -0.05) is 0 Å². The molecule has 0 aliphatic carbocycles. The van der Waals surface area contributed by atoms with Gasteiger partial charge in [0.1, 0.15) is 5.82 Å². The van der Waals surface area contributed by atoms with Crippen molar-refractivity contribution in [3.05, 3.63) is 18.2 Å². The van der Waals surface area contributed by atoms with E-state index >= 15 is 0 Å². The van der Waals surface area contributed by atoms with Gasteiger partial charge in [0.2, 0.25) is 0 Å². The van der Waals surface area contributed by atoms with Gasteiger partial charge in [-0.3, -0.25) is 0 Å². The van der Waals surface area contributed by atoms with Crippen molar-refractivity contribution in [1.29, 1.82) is 0 Å². The molecule has 0 bridgehead atoms. The number of H-pyrrole nitrogens is 1. The number of nitrogens with one attached hydrogen (secondary N) is 2. The van der Waals surface area contributed by atoms with Gasteiger partial charge in [0.05, 0.1) is 6.54 Å². The van der Waals surface area contributed by atoms with Crippen LogP contribution >= 0.6 is 0 Å². The quantitative estimate of drug-likeness (QED) is 0.721. The molecule has 1 saturated heterocycles. The molecule has 0 atom stereocenters. The molecule has 1 aromatic heterocycles. The second-order valence-electron chi connectivity index (χ2n) is 3.30. The van der Waals surface area contributed by atoms with Gasteiger partial charge in [0.25, 0.3) is 0 Å². The van der Waals surface area contributed by atoms with Crippen molar-refractivity contribution in [2.75, 3.05) is 13.2 Å². The van der Waals surface area contributed by atoms with Gasteiger partial charge >= 0.3 is 0 Å². The molecule has 13 heavy (non-hydrogen) atoms. The van der Waals surface area contributed by atoms with Crippen LogP contribution in [-0.4, -0.2) is 29.2 Å². The molecule has 0 aromatic carbocycles. The Balaban J connectivity index is 1.72. The maximum absolute atomic E-state index is 5.27. The average molecular weight is 181 g/mol. The van der Waals surface area contributed by atoms with Crippen LogP contribution in [0.1, 0.15) is 18.7 Å². The van der Waals surface area contributed by atoms with Crippen LogP contribution < -0.4 is 5.32 Å². The molecular weight excluding hydrogens is 166 g/mol. The minimum atomic E-state index is 0.596. The average Bonchev–Trinajstić information content (AvgIpc) is 2.69. The van der Waals surface area contributed by atoms with E-state index in [0.29, 0.717) is 6.04 Å². The molecule has 72 valence electrons. The van der Waals surface area contributed by atoms with Gasteiger partial charge in [0, 0.05) is 31.6 Å². The highest BCUT2D eigenvalue weighted by molar-refractivity contribution is 4.87. The first-order chi connectivity index (χ1) is 6.45. The molecule has 4 heteroatoms. The lowest BCUT2D eigenvalue weighted by molar-refractivity contribution is 0.0774. The van der Waals surface area contributed by atoms with E-state index in [2.05, 4.69) is 15.3 Å². The molecule has 1 fully saturated rings. The van der Waals surface area contributed by atoms with E-state index in [0.717, 1.165) is 38.4 Å². The third kappa shape index (κ3) is 2.54. The molecule has 0 spiro atoms. The summed E-state index contributed by atoms with van der Waals surface area (Å²) in [7, 11) is 0. The molecule has 0 radical (unpaired) electrons. The second-order valence-corrected chi connectivity index (χ2v) is 3.30. The van der Waals surface area contributed by atoms with Gasteiger partial charge < -0.3 is 15.0 Å². The molecular formula is C9H15N3O. The third-order valence-corrected chi connectivity index (χ3v) is 2.33. The summed E-state index contributed by atoms with van der Waals surface area (Å²) in [6, 6.07) is 0.596.